The molecule has 2 aromatic carbocycles. The first-order valence-electron chi connectivity index (χ1n) is 8.41. The normalized spacial score (nSPS) is 18.3. The van der Waals surface area contributed by atoms with Gasteiger partial charge in [0.2, 0.25) is 10.0 Å². The van der Waals surface area contributed by atoms with Crippen LogP contribution in [0, 0.1) is 5.82 Å². The molecule has 2 aromatic rings. The zero-order chi connectivity index (χ0) is 20.7. The van der Waals surface area contributed by atoms with Gasteiger partial charge in [-0.3, -0.25) is 4.21 Å². The predicted molar refractivity (Wildman–Crippen MR) is 96.2 cm³/mol. The van der Waals surface area contributed by atoms with Gasteiger partial charge in [0.1, 0.15) is 11.9 Å². The topological polar surface area (TPSA) is 54.5 Å². The summed E-state index contributed by atoms with van der Waals surface area (Å²) in [6.07, 6.45) is -4.39. The first kappa shape index (κ1) is 20.9. The van der Waals surface area contributed by atoms with E-state index in [4.69, 9.17) is 0 Å². The average molecular weight is 435 g/mol. The first-order valence-corrected chi connectivity index (χ1v) is 11.2. The molecule has 0 radical (unpaired) electrons. The molecule has 2 atom stereocenters. The van der Waals surface area contributed by atoms with Gasteiger partial charge < -0.3 is 0 Å². The molecule has 1 aliphatic rings. The molecule has 0 aliphatic carbocycles. The smallest absolute Gasteiger partial charge is 0.254 e. The molecular formula is C18H17F4NO3S2. The Morgan fingerprint density at radius 3 is 2.36 bits per heavy atom. The maximum absolute atomic E-state index is 13.8. The third kappa shape index (κ3) is 3.85. The van der Waals surface area contributed by atoms with Crippen molar-refractivity contribution in [1.29, 1.82) is 0 Å². The number of sulfonamides is 1. The van der Waals surface area contributed by atoms with Gasteiger partial charge in [0.15, 0.2) is 0 Å². The van der Waals surface area contributed by atoms with Crippen molar-refractivity contribution in [3.63, 3.8) is 0 Å². The van der Waals surface area contributed by atoms with E-state index in [1.165, 1.54) is 25.1 Å². The highest BCUT2D eigenvalue weighted by Gasteiger charge is 2.48. The Morgan fingerprint density at radius 1 is 1.14 bits per heavy atom. The first-order chi connectivity index (χ1) is 13.1. The molecule has 152 valence electrons. The van der Waals surface area contributed by atoms with Crippen LogP contribution in [-0.2, 0) is 27.2 Å². The number of aryl methyl sites for hydroxylation is 1. The van der Waals surface area contributed by atoms with Crippen molar-refractivity contribution >= 4 is 20.8 Å². The molecule has 3 rings (SSSR count). The molecule has 0 saturated heterocycles. The second-order valence-corrected chi connectivity index (χ2v) is 9.70. The van der Waals surface area contributed by atoms with Crippen molar-refractivity contribution in [1.82, 2.24) is 4.31 Å². The van der Waals surface area contributed by atoms with E-state index in [2.05, 4.69) is 0 Å². The van der Waals surface area contributed by atoms with E-state index < -0.39 is 45.4 Å². The molecule has 10 heteroatoms. The van der Waals surface area contributed by atoms with Crippen molar-refractivity contribution in [3.05, 3.63) is 59.4 Å². The van der Waals surface area contributed by atoms with E-state index >= 15 is 0 Å². The Kier molecular flexibility index (Phi) is 5.66. The van der Waals surface area contributed by atoms with Crippen LogP contribution < -0.4 is 0 Å². The fraction of sp³-hybridized carbons (Fsp3) is 0.333. The molecule has 0 N–H and O–H groups in total. The molecule has 1 aliphatic heterocycles. The second kappa shape index (κ2) is 7.57. The molecule has 0 amide bonds. The van der Waals surface area contributed by atoms with Crippen LogP contribution in [-0.4, -0.2) is 35.4 Å². The van der Waals surface area contributed by atoms with E-state index in [0.717, 1.165) is 29.8 Å². The Bertz CT molecular complexity index is 1000. The molecule has 0 saturated carbocycles. The Hall–Kier alpha value is -1.78. The maximum Gasteiger partial charge on any atom is 0.409 e. The van der Waals surface area contributed by atoms with Gasteiger partial charge in [0.05, 0.1) is 15.7 Å². The molecule has 2 unspecified atom stereocenters. The van der Waals surface area contributed by atoms with Crippen molar-refractivity contribution in [2.75, 3.05) is 12.3 Å². The van der Waals surface area contributed by atoms with Gasteiger partial charge in [-0.15, -0.1) is 0 Å². The minimum Gasteiger partial charge on any atom is -0.254 e. The lowest BCUT2D eigenvalue weighted by Crippen LogP contribution is -2.42. The largest absolute Gasteiger partial charge is 0.409 e. The summed E-state index contributed by atoms with van der Waals surface area (Å²) in [4.78, 5) is -0.0119. The number of halogens is 4. The van der Waals surface area contributed by atoms with Crippen molar-refractivity contribution in [2.45, 2.75) is 35.4 Å². The van der Waals surface area contributed by atoms with Crippen molar-refractivity contribution in [2.24, 2.45) is 0 Å². The van der Waals surface area contributed by atoms with Crippen LogP contribution in [0.15, 0.2) is 52.3 Å². The molecule has 4 nitrogen and oxygen atoms in total. The lowest BCUT2D eigenvalue weighted by molar-refractivity contribution is -0.173. The fourth-order valence-corrected chi connectivity index (χ4v) is 6.27. The quantitative estimate of drug-likeness (QED) is 0.672. The lowest BCUT2D eigenvalue weighted by Gasteiger charge is -2.32. The Balaban J connectivity index is 2.10. The van der Waals surface area contributed by atoms with E-state index in [0.29, 0.717) is 21.4 Å². The van der Waals surface area contributed by atoms with Crippen LogP contribution in [0.2, 0.25) is 0 Å². The van der Waals surface area contributed by atoms with Gasteiger partial charge in [0.25, 0.3) is 0 Å². The monoisotopic (exact) mass is 435 g/mol. The summed E-state index contributed by atoms with van der Waals surface area (Å²) in [6, 6.07) is 4.99. The second-order valence-electron chi connectivity index (χ2n) is 6.27. The Morgan fingerprint density at radius 2 is 1.79 bits per heavy atom. The Labute approximate surface area is 162 Å². The summed E-state index contributed by atoms with van der Waals surface area (Å²) in [5.41, 5.74) is 0.343. The average Bonchev–Trinajstić information content (AvgIpc) is 3.00. The standard InChI is InChI=1S/C18H17F4NO3S2/c1-2-23(17(18(20,21)22)13-3-6-14(19)7-4-13)28(25,26)15-8-5-12-9-10-27(24)16(12)11-15/h3-8,11,17H,2,9-10H2,1H3. The number of hydrogen-bond donors (Lipinski definition) is 0. The van der Waals surface area contributed by atoms with Gasteiger partial charge in [-0.25, -0.2) is 12.8 Å². The van der Waals surface area contributed by atoms with E-state index in [1.54, 1.807) is 0 Å². The number of hydrogen-bond acceptors (Lipinski definition) is 3. The van der Waals surface area contributed by atoms with Crippen molar-refractivity contribution in [3.8, 4) is 0 Å². The fourth-order valence-electron chi connectivity index (χ4n) is 3.22. The number of fused-ring (bicyclic) bond motifs is 1. The van der Waals surface area contributed by atoms with Crippen LogP contribution in [0.3, 0.4) is 0 Å². The van der Waals surface area contributed by atoms with Gasteiger partial charge in [-0.2, -0.15) is 17.5 Å². The van der Waals surface area contributed by atoms with Crippen molar-refractivity contribution < 1.29 is 30.2 Å². The number of nitrogens with zero attached hydrogens (tertiary/aromatic N) is 1. The zero-order valence-corrected chi connectivity index (χ0v) is 16.4. The molecule has 0 fully saturated rings. The summed E-state index contributed by atoms with van der Waals surface area (Å²) in [6.45, 7) is 0.843. The summed E-state index contributed by atoms with van der Waals surface area (Å²) in [7, 11) is -5.92. The number of alkyl halides is 3. The number of rotatable bonds is 5. The third-order valence-corrected chi connectivity index (χ3v) is 7.92. The summed E-state index contributed by atoms with van der Waals surface area (Å²) in [5.74, 6) is -0.367. The van der Waals surface area contributed by atoms with Gasteiger partial charge >= 0.3 is 6.18 Å². The summed E-state index contributed by atoms with van der Waals surface area (Å²) in [5, 5.41) is 0. The molecule has 0 bridgehead atoms. The minimum atomic E-state index is -4.92. The highest BCUT2D eigenvalue weighted by Crippen LogP contribution is 2.41. The van der Waals surface area contributed by atoms with E-state index in [1.807, 2.05) is 0 Å². The third-order valence-electron chi connectivity index (χ3n) is 4.54. The highest BCUT2D eigenvalue weighted by molar-refractivity contribution is 7.89. The van der Waals surface area contributed by atoms with E-state index in [-0.39, 0.29) is 10.5 Å². The molecule has 28 heavy (non-hydrogen) atoms. The van der Waals surface area contributed by atoms with Crippen LogP contribution in [0.1, 0.15) is 24.1 Å². The zero-order valence-electron chi connectivity index (χ0n) is 14.7. The van der Waals surface area contributed by atoms with E-state index in [9.17, 15) is 30.2 Å². The van der Waals surface area contributed by atoms with Gasteiger partial charge in [-0.05, 0) is 41.8 Å². The summed E-state index contributed by atoms with van der Waals surface area (Å²) < 4.78 is 93.1. The summed E-state index contributed by atoms with van der Waals surface area (Å²) >= 11 is 0. The van der Waals surface area contributed by atoms with Gasteiger partial charge in [-0.1, -0.05) is 25.1 Å². The van der Waals surface area contributed by atoms with Crippen LogP contribution in [0.5, 0.6) is 0 Å². The number of benzene rings is 2. The SMILES string of the molecule is CCN(C(c1ccc(F)cc1)C(F)(F)F)S(=O)(=O)c1ccc2c(c1)S(=O)CC2. The maximum atomic E-state index is 13.8. The minimum absolute atomic E-state index is 0.333. The molecular weight excluding hydrogens is 418 g/mol. The van der Waals surface area contributed by atoms with Crippen LogP contribution in [0.25, 0.3) is 0 Å². The predicted octanol–water partition coefficient (Wildman–Crippen LogP) is 3.80. The van der Waals surface area contributed by atoms with Crippen LogP contribution in [0.4, 0.5) is 17.6 Å². The lowest BCUT2D eigenvalue weighted by atomic mass is 10.1. The molecule has 1 heterocycles. The molecule has 0 aromatic heterocycles. The van der Waals surface area contributed by atoms with Crippen LogP contribution >= 0.6 is 0 Å². The van der Waals surface area contributed by atoms with Gasteiger partial charge in [0, 0.05) is 17.2 Å². The highest BCUT2D eigenvalue weighted by atomic mass is 32.2. The molecule has 0 spiro atoms.